The van der Waals surface area contributed by atoms with Gasteiger partial charge in [0.25, 0.3) is 0 Å². The molecule has 1 aliphatic carbocycles. The summed E-state index contributed by atoms with van der Waals surface area (Å²) in [5.74, 6) is -0.00842. The topological polar surface area (TPSA) is 106 Å². The fourth-order valence-electron chi connectivity index (χ4n) is 1.81. The number of nitrogens with one attached hydrogen (secondary N) is 2. The van der Waals surface area contributed by atoms with Crippen molar-refractivity contribution in [2.45, 2.75) is 31.7 Å². The number of hydrogen-bond donors (Lipinski definition) is 3. The van der Waals surface area contributed by atoms with Gasteiger partial charge in [-0.15, -0.1) is 0 Å². The van der Waals surface area contributed by atoms with Crippen LogP contribution in [0.2, 0.25) is 0 Å². The van der Waals surface area contributed by atoms with Crippen LogP contribution in [-0.4, -0.2) is 36.6 Å². The Morgan fingerprint density at radius 2 is 2.19 bits per heavy atom. The van der Waals surface area contributed by atoms with Crippen molar-refractivity contribution >= 4 is 23.4 Å². The van der Waals surface area contributed by atoms with Crippen LogP contribution in [0.25, 0.3) is 0 Å². The molecule has 4 N–H and O–H groups in total. The zero-order valence-electron chi connectivity index (χ0n) is 12.0. The lowest BCUT2D eigenvalue weighted by molar-refractivity contribution is -0.121. The zero-order chi connectivity index (χ0) is 15.2. The lowest BCUT2D eigenvalue weighted by atomic mass is 10.2. The lowest BCUT2D eigenvalue weighted by Crippen LogP contribution is -2.25. The van der Waals surface area contributed by atoms with E-state index in [1.54, 1.807) is 6.07 Å². The number of ether oxygens (including phenoxy) is 1. The third-order valence-corrected chi connectivity index (χ3v) is 3.14. The highest BCUT2D eigenvalue weighted by Gasteiger charge is 2.22. The molecule has 21 heavy (non-hydrogen) atoms. The SMILES string of the molecule is COC(=O)c1ccc(N)c(NCCCC(=O)NC2CC2)n1. The maximum absolute atomic E-state index is 11.5. The number of anilines is 2. The number of pyridine rings is 1. The molecule has 1 aliphatic rings. The van der Waals surface area contributed by atoms with Crippen molar-refractivity contribution in [3.63, 3.8) is 0 Å². The molecule has 2 rings (SSSR count). The lowest BCUT2D eigenvalue weighted by Gasteiger charge is -2.09. The summed E-state index contributed by atoms with van der Waals surface area (Å²) in [6, 6.07) is 3.50. The van der Waals surface area contributed by atoms with Crippen LogP contribution < -0.4 is 16.4 Å². The summed E-state index contributed by atoms with van der Waals surface area (Å²) in [5.41, 5.74) is 6.44. The fourth-order valence-corrected chi connectivity index (χ4v) is 1.81. The molecule has 1 aromatic rings. The highest BCUT2D eigenvalue weighted by molar-refractivity contribution is 5.88. The molecule has 1 saturated carbocycles. The summed E-state index contributed by atoms with van der Waals surface area (Å²) in [7, 11) is 1.30. The first kappa shape index (κ1) is 15.1. The van der Waals surface area contributed by atoms with Crippen molar-refractivity contribution in [2.75, 3.05) is 24.7 Å². The van der Waals surface area contributed by atoms with Gasteiger partial charge in [0.1, 0.15) is 5.82 Å². The van der Waals surface area contributed by atoms with Gasteiger partial charge in [-0.1, -0.05) is 0 Å². The molecule has 0 spiro atoms. The summed E-state index contributed by atoms with van der Waals surface area (Å²) >= 11 is 0. The van der Waals surface area contributed by atoms with Crippen LogP contribution in [0.5, 0.6) is 0 Å². The molecular weight excluding hydrogens is 272 g/mol. The van der Waals surface area contributed by atoms with E-state index in [9.17, 15) is 9.59 Å². The van der Waals surface area contributed by atoms with E-state index in [0.717, 1.165) is 12.8 Å². The monoisotopic (exact) mass is 292 g/mol. The number of nitrogens with two attached hydrogens (primary N) is 1. The molecule has 0 saturated heterocycles. The van der Waals surface area contributed by atoms with Gasteiger partial charge in [-0.25, -0.2) is 9.78 Å². The van der Waals surface area contributed by atoms with Crippen LogP contribution in [0.15, 0.2) is 12.1 Å². The number of nitrogens with zero attached hydrogens (tertiary/aromatic N) is 1. The van der Waals surface area contributed by atoms with Gasteiger partial charge in [0.05, 0.1) is 12.8 Å². The number of aromatic nitrogens is 1. The first-order chi connectivity index (χ1) is 10.1. The highest BCUT2D eigenvalue weighted by atomic mass is 16.5. The molecule has 0 radical (unpaired) electrons. The van der Waals surface area contributed by atoms with Crippen LogP contribution in [0.1, 0.15) is 36.2 Å². The van der Waals surface area contributed by atoms with Gasteiger partial charge in [-0.2, -0.15) is 0 Å². The third kappa shape index (κ3) is 4.62. The van der Waals surface area contributed by atoms with Gasteiger partial charge >= 0.3 is 5.97 Å². The molecule has 7 nitrogen and oxygen atoms in total. The number of rotatable bonds is 7. The van der Waals surface area contributed by atoms with Crippen LogP contribution in [0, 0.1) is 0 Å². The highest BCUT2D eigenvalue weighted by Crippen LogP contribution is 2.19. The van der Waals surface area contributed by atoms with E-state index >= 15 is 0 Å². The Morgan fingerprint density at radius 3 is 2.86 bits per heavy atom. The van der Waals surface area contributed by atoms with Crippen LogP contribution in [0.3, 0.4) is 0 Å². The second-order valence-corrected chi connectivity index (χ2v) is 5.00. The summed E-state index contributed by atoms with van der Waals surface area (Å²) in [4.78, 5) is 27.0. The van der Waals surface area contributed by atoms with Gasteiger partial charge in [0.2, 0.25) is 5.91 Å². The molecule has 0 atom stereocenters. The Hall–Kier alpha value is -2.31. The van der Waals surface area contributed by atoms with Crippen molar-refractivity contribution in [2.24, 2.45) is 0 Å². The molecule has 0 bridgehead atoms. The molecule has 7 heteroatoms. The first-order valence-electron chi connectivity index (χ1n) is 6.98. The van der Waals surface area contributed by atoms with Crippen molar-refractivity contribution in [3.8, 4) is 0 Å². The maximum Gasteiger partial charge on any atom is 0.356 e. The molecule has 1 amide bonds. The van der Waals surface area contributed by atoms with Crippen LogP contribution in [-0.2, 0) is 9.53 Å². The van der Waals surface area contributed by atoms with Gasteiger partial charge in [-0.3, -0.25) is 4.79 Å². The maximum atomic E-state index is 11.5. The van der Waals surface area contributed by atoms with E-state index in [-0.39, 0.29) is 11.6 Å². The summed E-state index contributed by atoms with van der Waals surface area (Å²) in [6.45, 7) is 0.555. The number of esters is 1. The molecule has 0 unspecified atom stereocenters. The van der Waals surface area contributed by atoms with E-state index < -0.39 is 5.97 Å². The van der Waals surface area contributed by atoms with Crippen LogP contribution >= 0.6 is 0 Å². The Balaban J connectivity index is 1.78. The molecule has 1 fully saturated rings. The number of amides is 1. The summed E-state index contributed by atoms with van der Waals surface area (Å²) in [5, 5.41) is 5.96. The minimum atomic E-state index is -0.512. The average Bonchev–Trinajstić information content (AvgIpc) is 3.28. The molecule has 1 heterocycles. The largest absolute Gasteiger partial charge is 0.464 e. The Bertz CT molecular complexity index is 529. The number of carbonyl (C=O) groups excluding carboxylic acids is 2. The standard InChI is InChI=1S/C14H20N4O3/c1-21-14(20)11-7-6-10(15)13(18-11)16-8-2-3-12(19)17-9-4-5-9/h6-7,9H,2-5,8,15H2,1H3,(H,16,18)(H,17,19). The van der Waals surface area contributed by atoms with Gasteiger partial charge < -0.3 is 21.1 Å². The molecule has 1 aromatic heterocycles. The molecule has 114 valence electrons. The number of hydrogen-bond acceptors (Lipinski definition) is 6. The Morgan fingerprint density at radius 1 is 1.43 bits per heavy atom. The summed E-state index contributed by atoms with van der Waals surface area (Å²) < 4.78 is 4.61. The Labute approximate surface area is 123 Å². The second kappa shape index (κ2) is 6.92. The predicted octanol–water partition coefficient (Wildman–Crippen LogP) is 0.921. The van der Waals surface area contributed by atoms with Crippen LogP contribution in [0.4, 0.5) is 11.5 Å². The van der Waals surface area contributed by atoms with E-state index in [0.29, 0.717) is 36.9 Å². The summed E-state index contributed by atoms with van der Waals surface area (Å²) in [6.07, 6.45) is 3.30. The van der Waals surface area contributed by atoms with Gasteiger partial charge in [-0.05, 0) is 31.4 Å². The minimum Gasteiger partial charge on any atom is -0.464 e. The minimum absolute atomic E-state index is 0.0727. The van der Waals surface area contributed by atoms with E-state index in [4.69, 9.17) is 5.73 Å². The first-order valence-corrected chi connectivity index (χ1v) is 6.98. The normalized spacial score (nSPS) is 13.6. The Kier molecular flexibility index (Phi) is 4.97. The molecule has 0 aliphatic heterocycles. The number of nitrogen functional groups attached to an aromatic ring is 1. The quantitative estimate of drug-likeness (QED) is 0.509. The van der Waals surface area contributed by atoms with Gasteiger partial charge in [0.15, 0.2) is 5.69 Å². The number of carbonyl (C=O) groups is 2. The number of methoxy groups -OCH3 is 1. The van der Waals surface area contributed by atoms with Gasteiger partial charge in [0, 0.05) is 19.0 Å². The fraction of sp³-hybridized carbons (Fsp3) is 0.500. The van der Waals surface area contributed by atoms with E-state index in [1.807, 2.05) is 0 Å². The molecular formula is C14H20N4O3. The second-order valence-electron chi connectivity index (χ2n) is 5.00. The molecule has 0 aromatic carbocycles. The predicted molar refractivity (Wildman–Crippen MR) is 78.9 cm³/mol. The third-order valence-electron chi connectivity index (χ3n) is 3.14. The average molecular weight is 292 g/mol. The zero-order valence-corrected chi connectivity index (χ0v) is 12.0. The van der Waals surface area contributed by atoms with Crippen molar-refractivity contribution in [1.29, 1.82) is 0 Å². The smallest absolute Gasteiger partial charge is 0.356 e. The van der Waals surface area contributed by atoms with Crippen molar-refractivity contribution in [1.82, 2.24) is 10.3 Å². The van der Waals surface area contributed by atoms with E-state index in [2.05, 4.69) is 20.4 Å². The van der Waals surface area contributed by atoms with Crippen molar-refractivity contribution in [3.05, 3.63) is 17.8 Å². The van der Waals surface area contributed by atoms with Crippen molar-refractivity contribution < 1.29 is 14.3 Å². The van der Waals surface area contributed by atoms with E-state index in [1.165, 1.54) is 13.2 Å².